The zero-order valence-corrected chi connectivity index (χ0v) is 24.6. The van der Waals surface area contributed by atoms with Crippen LogP contribution in [0.2, 0.25) is 0 Å². The second-order valence-electron chi connectivity index (χ2n) is 11.2. The SMILES string of the molecule is CC(C)Oc1ccc(C(=O)N[C@H](CNC(=O)NCCO)Cc2ccc(-c3cn(C)c(C(C)(C)C)n3)cc2)cc1C#N. The maximum absolute atomic E-state index is 13.2. The first-order chi connectivity index (χ1) is 19.4. The van der Waals surface area contributed by atoms with Crippen molar-refractivity contribution >= 4 is 11.9 Å². The summed E-state index contributed by atoms with van der Waals surface area (Å²) in [6.07, 6.45) is 2.35. The van der Waals surface area contributed by atoms with Crippen molar-refractivity contribution in [3.8, 4) is 23.1 Å². The summed E-state index contributed by atoms with van der Waals surface area (Å²) >= 11 is 0. The van der Waals surface area contributed by atoms with E-state index in [-0.39, 0.29) is 42.7 Å². The molecule has 0 aliphatic heterocycles. The number of benzene rings is 2. The lowest BCUT2D eigenvalue weighted by Gasteiger charge is -2.20. The Kier molecular flexibility index (Phi) is 10.5. The monoisotopic (exact) mass is 560 g/mol. The van der Waals surface area contributed by atoms with E-state index in [9.17, 15) is 14.9 Å². The number of aromatic nitrogens is 2. The number of hydrogen-bond acceptors (Lipinski definition) is 6. The highest BCUT2D eigenvalue weighted by molar-refractivity contribution is 5.95. The molecule has 41 heavy (non-hydrogen) atoms. The molecule has 0 saturated carbocycles. The summed E-state index contributed by atoms with van der Waals surface area (Å²) in [5, 5.41) is 26.8. The van der Waals surface area contributed by atoms with Gasteiger partial charge in [0.2, 0.25) is 0 Å². The smallest absolute Gasteiger partial charge is 0.314 e. The summed E-state index contributed by atoms with van der Waals surface area (Å²) in [5.41, 5.74) is 3.33. The van der Waals surface area contributed by atoms with Crippen LogP contribution in [0.4, 0.5) is 4.79 Å². The van der Waals surface area contributed by atoms with Crippen molar-refractivity contribution in [2.75, 3.05) is 19.7 Å². The highest BCUT2D eigenvalue weighted by atomic mass is 16.5. The average molecular weight is 561 g/mol. The summed E-state index contributed by atoms with van der Waals surface area (Å²) in [4.78, 5) is 30.1. The second-order valence-corrected chi connectivity index (χ2v) is 11.2. The Hall–Kier alpha value is -4.36. The van der Waals surface area contributed by atoms with Crippen molar-refractivity contribution in [2.24, 2.45) is 7.05 Å². The van der Waals surface area contributed by atoms with Crippen LogP contribution in [0.25, 0.3) is 11.3 Å². The van der Waals surface area contributed by atoms with Crippen LogP contribution in [0.3, 0.4) is 0 Å². The fourth-order valence-corrected chi connectivity index (χ4v) is 4.40. The molecule has 0 unspecified atom stereocenters. The van der Waals surface area contributed by atoms with E-state index in [0.717, 1.165) is 22.6 Å². The molecule has 0 bridgehead atoms. The number of aliphatic hydroxyl groups excluding tert-OH is 1. The van der Waals surface area contributed by atoms with Gasteiger partial charge in [0.15, 0.2) is 0 Å². The van der Waals surface area contributed by atoms with Crippen molar-refractivity contribution in [3.63, 3.8) is 0 Å². The maximum Gasteiger partial charge on any atom is 0.314 e. The van der Waals surface area contributed by atoms with Crippen LogP contribution < -0.4 is 20.7 Å². The number of nitrogens with one attached hydrogen (secondary N) is 3. The van der Waals surface area contributed by atoms with E-state index in [4.69, 9.17) is 14.8 Å². The van der Waals surface area contributed by atoms with Gasteiger partial charge in [-0.3, -0.25) is 4.79 Å². The Balaban J connectivity index is 1.78. The number of hydrogen-bond donors (Lipinski definition) is 4. The number of rotatable bonds is 11. The first-order valence-corrected chi connectivity index (χ1v) is 13.7. The Morgan fingerprint density at radius 1 is 1.12 bits per heavy atom. The summed E-state index contributed by atoms with van der Waals surface area (Å²) < 4.78 is 7.71. The molecular formula is C31H40N6O4. The second kappa shape index (κ2) is 13.8. The summed E-state index contributed by atoms with van der Waals surface area (Å²) in [5.74, 6) is 1.04. The molecule has 1 heterocycles. The molecular weight excluding hydrogens is 520 g/mol. The van der Waals surface area contributed by atoms with Crippen LogP contribution in [-0.2, 0) is 18.9 Å². The highest BCUT2D eigenvalue weighted by Crippen LogP contribution is 2.26. The van der Waals surface area contributed by atoms with Gasteiger partial charge in [-0.1, -0.05) is 45.0 Å². The number of ether oxygens (including phenoxy) is 1. The van der Waals surface area contributed by atoms with Crippen molar-refractivity contribution in [3.05, 3.63) is 71.2 Å². The number of nitrogens with zero attached hydrogens (tertiary/aromatic N) is 3. The summed E-state index contributed by atoms with van der Waals surface area (Å²) in [7, 11) is 1.99. The van der Waals surface area contributed by atoms with Gasteiger partial charge < -0.3 is 30.4 Å². The first kappa shape index (κ1) is 31.2. The number of urea groups is 1. The maximum atomic E-state index is 13.2. The molecule has 10 heteroatoms. The third-order valence-corrected chi connectivity index (χ3v) is 6.25. The molecule has 10 nitrogen and oxygen atoms in total. The number of aliphatic hydroxyl groups is 1. The van der Waals surface area contributed by atoms with Gasteiger partial charge in [0.25, 0.3) is 5.91 Å². The fraction of sp³-hybridized carbons (Fsp3) is 0.419. The largest absolute Gasteiger partial charge is 0.490 e. The van der Waals surface area contributed by atoms with E-state index in [1.54, 1.807) is 12.1 Å². The fourth-order valence-electron chi connectivity index (χ4n) is 4.40. The molecule has 0 spiro atoms. The zero-order valence-electron chi connectivity index (χ0n) is 24.6. The topological polar surface area (TPSA) is 141 Å². The molecule has 0 aliphatic rings. The van der Waals surface area contributed by atoms with Gasteiger partial charge in [0.05, 0.1) is 30.0 Å². The number of nitriles is 1. The Bertz CT molecular complexity index is 1380. The highest BCUT2D eigenvalue weighted by Gasteiger charge is 2.21. The Labute approximate surface area is 241 Å². The molecule has 0 radical (unpaired) electrons. The van der Waals surface area contributed by atoms with Gasteiger partial charge in [-0.2, -0.15) is 5.26 Å². The summed E-state index contributed by atoms with van der Waals surface area (Å²) in [6.45, 7) is 10.2. The number of imidazole rings is 1. The average Bonchev–Trinajstić information content (AvgIpc) is 3.33. The predicted molar refractivity (Wildman–Crippen MR) is 158 cm³/mol. The van der Waals surface area contributed by atoms with Gasteiger partial charge in [-0.15, -0.1) is 0 Å². The van der Waals surface area contributed by atoms with Crippen LogP contribution in [-0.4, -0.2) is 58.4 Å². The molecule has 218 valence electrons. The minimum atomic E-state index is -0.451. The van der Waals surface area contributed by atoms with Crippen LogP contribution in [0.15, 0.2) is 48.7 Å². The van der Waals surface area contributed by atoms with Crippen molar-refractivity contribution in [1.82, 2.24) is 25.5 Å². The predicted octanol–water partition coefficient (Wildman–Crippen LogP) is 3.68. The van der Waals surface area contributed by atoms with E-state index in [1.807, 2.05) is 55.9 Å². The first-order valence-electron chi connectivity index (χ1n) is 13.7. The van der Waals surface area contributed by atoms with Crippen LogP contribution in [0, 0.1) is 11.3 Å². The molecule has 0 aliphatic carbocycles. The third-order valence-electron chi connectivity index (χ3n) is 6.25. The molecule has 3 rings (SSSR count). The van der Waals surface area contributed by atoms with Gasteiger partial charge in [0, 0.05) is 42.9 Å². The number of carbonyl (C=O) groups is 2. The summed E-state index contributed by atoms with van der Waals surface area (Å²) in [6, 6.07) is 13.9. The van der Waals surface area contributed by atoms with E-state index >= 15 is 0 Å². The molecule has 4 N–H and O–H groups in total. The van der Waals surface area contributed by atoms with Gasteiger partial charge in [-0.05, 0) is 44.0 Å². The molecule has 2 aromatic carbocycles. The van der Waals surface area contributed by atoms with Crippen molar-refractivity contribution < 1.29 is 19.4 Å². The molecule has 1 aromatic heterocycles. The third kappa shape index (κ3) is 8.82. The minimum Gasteiger partial charge on any atom is -0.490 e. The van der Waals surface area contributed by atoms with Crippen LogP contribution >= 0.6 is 0 Å². The van der Waals surface area contributed by atoms with Crippen LogP contribution in [0.1, 0.15) is 61.9 Å². The molecule has 3 aromatic rings. The lowest BCUT2D eigenvalue weighted by Crippen LogP contribution is -2.47. The van der Waals surface area contributed by atoms with Gasteiger partial charge >= 0.3 is 6.03 Å². The van der Waals surface area contributed by atoms with Gasteiger partial charge in [0.1, 0.15) is 17.6 Å². The Morgan fingerprint density at radius 2 is 1.83 bits per heavy atom. The minimum absolute atomic E-state index is 0.0788. The van der Waals surface area contributed by atoms with E-state index in [0.29, 0.717) is 17.7 Å². The van der Waals surface area contributed by atoms with Crippen molar-refractivity contribution in [1.29, 1.82) is 5.26 Å². The lowest BCUT2D eigenvalue weighted by molar-refractivity contribution is 0.0936. The van der Waals surface area contributed by atoms with E-state index in [1.165, 1.54) is 6.07 Å². The number of amides is 3. The van der Waals surface area contributed by atoms with Crippen molar-refractivity contribution in [2.45, 2.75) is 58.6 Å². The van der Waals surface area contributed by atoms with Gasteiger partial charge in [-0.25, -0.2) is 9.78 Å². The molecule has 1 atom stereocenters. The molecule has 0 saturated heterocycles. The number of carbonyl (C=O) groups excluding carboxylic acids is 2. The van der Waals surface area contributed by atoms with Crippen LogP contribution in [0.5, 0.6) is 5.75 Å². The molecule has 3 amide bonds. The standard InChI is InChI=1S/C31H40N6O4/c1-20(2)41-27-12-11-23(16-24(27)17-32)28(39)35-25(18-34-30(40)33-13-14-38)15-21-7-9-22(10-8-21)26-19-37(6)29(36-26)31(3,4)5/h7-12,16,19-20,25,38H,13-15,18H2,1-6H3,(H,35,39)(H2,33,34,40)/t25-/m0/s1. The number of aryl methyl sites for hydroxylation is 1. The van der Waals surface area contributed by atoms with E-state index < -0.39 is 12.1 Å². The zero-order chi connectivity index (χ0) is 30.2. The Morgan fingerprint density at radius 3 is 2.41 bits per heavy atom. The quantitative estimate of drug-likeness (QED) is 0.282. The normalized spacial score (nSPS) is 12.0. The molecule has 0 fully saturated rings. The van der Waals surface area contributed by atoms with E-state index in [2.05, 4.69) is 42.8 Å². The lowest BCUT2D eigenvalue weighted by atomic mass is 9.96.